The number of aliphatic hydroxyl groups excluding tert-OH is 1. The summed E-state index contributed by atoms with van der Waals surface area (Å²) in [5.74, 6) is 0.530. The van der Waals surface area contributed by atoms with Gasteiger partial charge in [0.05, 0.1) is 0 Å². The lowest BCUT2D eigenvalue weighted by Crippen LogP contribution is -2.45. The van der Waals surface area contributed by atoms with Crippen LogP contribution in [0, 0.1) is 0 Å². The number of hydrogen-bond acceptors (Lipinski definition) is 3. The van der Waals surface area contributed by atoms with Crippen molar-refractivity contribution in [2.75, 3.05) is 25.0 Å². The van der Waals surface area contributed by atoms with E-state index in [1.165, 1.54) is 17.7 Å². The molecule has 4 nitrogen and oxygen atoms in total. The summed E-state index contributed by atoms with van der Waals surface area (Å²) < 4.78 is 0. The molecule has 4 heteroatoms. The van der Waals surface area contributed by atoms with Crippen molar-refractivity contribution in [3.05, 3.63) is 29.8 Å². The lowest BCUT2D eigenvalue weighted by molar-refractivity contribution is -0.135. The molecular weight excluding hydrogens is 264 g/mol. The van der Waals surface area contributed by atoms with Crippen molar-refractivity contribution in [1.82, 2.24) is 4.90 Å². The van der Waals surface area contributed by atoms with Gasteiger partial charge in [0.2, 0.25) is 5.91 Å². The van der Waals surface area contributed by atoms with Gasteiger partial charge in [-0.05, 0) is 37.3 Å². The number of carbonyl (C=O) groups excluding carboxylic acids is 1. The van der Waals surface area contributed by atoms with Crippen LogP contribution in [-0.2, 0) is 4.79 Å². The Balaban J connectivity index is 1.64. The Bertz CT molecular complexity index is 499. The summed E-state index contributed by atoms with van der Waals surface area (Å²) in [6.45, 7) is 1.70. The van der Waals surface area contributed by atoms with Crippen molar-refractivity contribution in [2.24, 2.45) is 0 Å². The fraction of sp³-hybridized carbons (Fsp3) is 0.588. The van der Waals surface area contributed by atoms with Gasteiger partial charge in [-0.1, -0.05) is 18.2 Å². The molecule has 1 heterocycles. The number of fused-ring (bicyclic) bond motifs is 1. The second kappa shape index (κ2) is 6.48. The molecule has 1 amide bonds. The van der Waals surface area contributed by atoms with E-state index < -0.39 is 0 Å². The van der Waals surface area contributed by atoms with Crippen molar-refractivity contribution in [1.29, 1.82) is 0 Å². The number of nitrogens with one attached hydrogen (secondary N) is 1. The number of benzene rings is 1. The smallest absolute Gasteiger partial charge is 0.223 e. The molecule has 2 aliphatic rings. The zero-order chi connectivity index (χ0) is 14.7. The molecule has 0 bridgehead atoms. The van der Waals surface area contributed by atoms with Gasteiger partial charge in [0.15, 0.2) is 0 Å². The van der Waals surface area contributed by atoms with Crippen molar-refractivity contribution < 1.29 is 9.90 Å². The summed E-state index contributed by atoms with van der Waals surface area (Å²) in [6.07, 6.45) is 4.72. The number of nitrogens with zero attached hydrogens (tertiary/aromatic N) is 1. The third kappa shape index (κ3) is 3.05. The average Bonchev–Trinajstić information content (AvgIpc) is 2.84. The van der Waals surface area contributed by atoms with Crippen LogP contribution in [-0.4, -0.2) is 41.7 Å². The van der Waals surface area contributed by atoms with Crippen LogP contribution in [0.4, 0.5) is 5.69 Å². The Kier molecular flexibility index (Phi) is 4.44. The number of anilines is 1. The van der Waals surface area contributed by atoms with Gasteiger partial charge in [-0.25, -0.2) is 0 Å². The summed E-state index contributed by atoms with van der Waals surface area (Å²) in [6, 6.07) is 8.68. The highest BCUT2D eigenvalue weighted by Gasteiger charge is 2.31. The zero-order valence-corrected chi connectivity index (χ0v) is 12.4. The molecule has 1 aromatic rings. The van der Waals surface area contributed by atoms with E-state index in [2.05, 4.69) is 17.4 Å². The van der Waals surface area contributed by atoms with Crippen LogP contribution in [0.1, 0.15) is 43.6 Å². The second-order valence-corrected chi connectivity index (χ2v) is 6.12. The summed E-state index contributed by atoms with van der Waals surface area (Å²) in [5.41, 5.74) is 2.43. The van der Waals surface area contributed by atoms with E-state index in [1.54, 1.807) is 0 Å². The predicted molar refractivity (Wildman–Crippen MR) is 83.3 cm³/mol. The van der Waals surface area contributed by atoms with Crippen molar-refractivity contribution in [3.8, 4) is 0 Å². The van der Waals surface area contributed by atoms with Gasteiger partial charge in [0.25, 0.3) is 0 Å². The van der Waals surface area contributed by atoms with Crippen LogP contribution in [0.3, 0.4) is 0 Å². The Morgan fingerprint density at radius 1 is 1.33 bits per heavy atom. The quantitative estimate of drug-likeness (QED) is 0.845. The highest BCUT2D eigenvalue weighted by atomic mass is 16.3. The van der Waals surface area contributed by atoms with Crippen LogP contribution in [0.5, 0.6) is 0 Å². The maximum Gasteiger partial charge on any atom is 0.223 e. The molecule has 0 spiro atoms. The molecule has 1 saturated carbocycles. The molecule has 21 heavy (non-hydrogen) atoms. The predicted octanol–water partition coefficient (Wildman–Crippen LogP) is 2.35. The molecule has 3 rings (SSSR count). The van der Waals surface area contributed by atoms with Crippen LogP contribution in [0.25, 0.3) is 0 Å². The Morgan fingerprint density at radius 2 is 2.14 bits per heavy atom. The van der Waals surface area contributed by atoms with E-state index in [-0.39, 0.29) is 18.4 Å². The molecule has 1 unspecified atom stereocenters. The van der Waals surface area contributed by atoms with Gasteiger partial charge < -0.3 is 15.3 Å². The maximum absolute atomic E-state index is 12.7. The standard InChI is InChI=1S/C17H24N2O2/c20-10-4-9-19(14-5-3-6-14)17(21)11-13-12-18-16-8-2-1-7-15(13)16/h1-2,7-8,13-14,18,20H,3-6,9-12H2. The van der Waals surface area contributed by atoms with E-state index in [9.17, 15) is 4.79 Å². The van der Waals surface area contributed by atoms with Gasteiger partial charge in [0.1, 0.15) is 0 Å². The largest absolute Gasteiger partial charge is 0.396 e. The van der Waals surface area contributed by atoms with E-state index in [1.807, 2.05) is 17.0 Å². The van der Waals surface area contributed by atoms with E-state index in [4.69, 9.17) is 5.11 Å². The first-order valence-corrected chi connectivity index (χ1v) is 8.02. The third-order valence-corrected chi connectivity index (χ3v) is 4.75. The molecule has 0 saturated heterocycles. The lowest BCUT2D eigenvalue weighted by atomic mass is 9.90. The topological polar surface area (TPSA) is 52.6 Å². The Labute approximate surface area is 126 Å². The van der Waals surface area contributed by atoms with Gasteiger partial charge in [-0.2, -0.15) is 0 Å². The second-order valence-electron chi connectivity index (χ2n) is 6.12. The maximum atomic E-state index is 12.7. The van der Waals surface area contributed by atoms with Crippen LogP contribution < -0.4 is 5.32 Å². The number of amides is 1. The minimum absolute atomic E-state index is 0.157. The van der Waals surface area contributed by atoms with Crippen molar-refractivity contribution >= 4 is 11.6 Å². The van der Waals surface area contributed by atoms with Crippen molar-refractivity contribution in [2.45, 2.75) is 44.1 Å². The van der Waals surface area contributed by atoms with E-state index >= 15 is 0 Å². The number of carbonyl (C=O) groups is 1. The van der Waals surface area contributed by atoms with Gasteiger partial charge in [-0.15, -0.1) is 0 Å². The fourth-order valence-corrected chi connectivity index (χ4v) is 3.32. The van der Waals surface area contributed by atoms with E-state index in [0.29, 0.717) is 25.4 Å². The van der Waals surface area contributed by atoms with Gasteiger partial charge in [-0.3, -0.25) is 4.79 Å². The molecule has 2 N–H and O–H groups in total. The highest BCUT2D eigenvalue weighted by molar-refractivity contribution is 5.78. The first kappa shape index (κ1) is 14.4. The lowest BCUT2D eigenvalue weighted by Gasteiger charge is -2.38. The first-order chi connectivity index (χ1) is 10.3. The van der Waals surface area contributed by atoms with Gasteiger partial charge >= 0.3 is 0 Å². The van der Waals surface area contributed by atoms with Gasteiger partial charge in [0, 0.05) is 43.8 Å². The molecular formula is C17H24N2O2. The van der Waals surface area contributed by atoms with Crippen LogP contribution in [0.2, 0.25) is 0 Å². The molecule has 1 fully saturated rings. The molecule has 1 aliphatic carbocycles. The van der Waals surface area contributed by atoms with Crippen LogP contribution in [0.15, 0.2) is 24.3 Å². The average molecular weight is 288 g/mol. The number of hydrogen-bond donors (Lipinski definition) is 2. The SMILES string of the molecule is O=C(CC1CNc2ccccc21)N(CCCO)C1CCC1. The fourth-order valence-electron chi connectivity index (χ4n) is 3.32. The summed E-state index contributed by atoms with van der Waals surface area (Å²) in [5, 5.41) is 12.4. The summed E-state index contributed by atoms with van der Waals surface area (Å²) >= 11 is 0. The number of rotatable bonds is 6. The number of para-hydroxylation sites is 1. The molecule has 0 radical (unpaired) electrons. The normalized spacial score (nSPS) is 20.5. The first-order valence-electron chi connectivity index (χ1n) is 8.02. The molecule has 114 valence electrons. The summed E-state index contributed by atoms with van der Waals surface area (Å²) in [4.78, 5) is 14.7. The van der Waals surface area contributed by atoms with E-state index in [0.717, 1.165) is 19.4 Å². The minimum atomic E-state index is 0.157. The Hall–Kier alpha value is -1.55. The minimum Gasteiger partial charge on any atom is -0.396 e. The van der Waals surface area contributed by atoms with Crippen LogP contribution >= 0.6 is 0 Å². The van der Waals surface area contributed by atoms with Crippen molar-refractivity contribution in [3.63, 3.8) is 0 Å². The zero-order valence-electron chi connectivity index (χ0n) is 12.4. The summed E-state index contributed by atoms with van der Waals surface area (Å²) in [7, 11) is 0. The Morgan fingerprint density at radius 3 is 2.86 bits per heavy atom. The molecule has 1 aromatic carbocycles. The molecule has 1 aliphatic heterocycles. The molecule has 0 aromatic heterocycles. The number of aliphatic hydroxyl groups is 1. The third-order valence-electron chi connectivity index (χ3n) is 4.75. The molecule has 1 atom stereocenters. The monoisotopic (exact) mass is 288 g/mol. The highest BCUT2D eigenvalue weighted by Crippen LogP contribution is 2.34.